The number of nitrogens with one attached hydrogen (secondary N) is 2. The number of nitrogens with zero attached hydrogens (tertiary/aromatic N) is 2. The second-order valence-electron chi connectivity index (χ2n) is 6.01. The Balaban J connectivity index is 1.50. The van der Waals surface area contributed by atoms with Crippen molar-refractivity contribution in [2.24, 2.45) is 0 Å². The van der Waals surface area contributed by atoms with Gasteiger partial charge in [0.15, 0.2) is 0 Å². The molecule has 7 heteroatoms. The largest absolute Gasteiger partial charge is 0.494 e. The van der Waals surface area contributed by atoms with Crippen LogP contribution in [0.4, 0.5) is 11.5 Å². The lowest BCUT2D eigenvalue weighted by atomic mass is 10.1. The first-order chi connectivity index (χ1) is 13.6. The van der Waals surface area contributed by atoms with Crippen molar-refractivity contribution in [1.29, 1.82) is 0 Å². The number of hydrogen-bond donors (Lipinski definition) is 2. The van der Waals surface area contributed by atoms with Gasteiger partial charge in [-0.3, -0.25) is 4.79 Å². The molecule has 1 aromatic heterocycles. The van der Waals surface area contributed by atoms with E-state index in [2.05, 4.69) is 20.6 Å². The molecule has 144 valence electrons. The van der Waals surface area contributed by atoms with E-state index >= 15 is 0 Å². The van der Waals surface area contributed by atoms with Crippen LogP contribution >= 0.6 is 11.6 Å². The molecule has 3 rings (SSSR count). The van der Waals surface area contributed by atoms with Crippen molar-refractivity contribution in [1.82, 2.24) is 15.3 Å². The highest BCUT2D eigenvalue weighted by atomic mass is 35.5. The molecule has 2 aromatic carbocycles. The Labute approximate surface area is 168 Å². The standard InChI is InChI=1S/C21H21ClN4O2/c1-2-28-18-8-6-17(7-9-18)26-20-14-24-19(13-25-20)21(27)23-11-10-15-4-3-5-16(22)12-15/h3-9,12-14H,2,10-11H2,1H3,(H,23,27)(H,25,26). The van der Waals surface area contributed by atoms with Crippen molar-refractivity contribution in [3.63, 3.8) is 0 Å². The lowest BCUT2D eigenvalue weighted by Gasteiger charge is -2.08. The van der Waals surface area contributed by atoms with E-state index in [1.165, 1.54) is 12.4 Å². The molecule has 1 heterocycles. The van der Waals surface area contributed by atoms with E-state index in [1.54, 1.807) is 0 Å². The molecule has 0 saturated heterocycles. The fourth-order valence-corrected chi connectivity index (χ4v) is 2.78. The van der Waals surface area contributed by atoms with Crippen LogP contribution in [-0.4, -0.2) is 29.0 Å². The van der Waals surface area contributed by atoms with Gasteiger partial charge in [0.25, 0.3) is 5.91 Å². The molecule has 0 radical (unpaired) electrons. The quantitative estimate of drug-likeness (QED) is 0.595. The summed E-state index contributed by atoms with van der Waals surface area (Å²) in [5.74, 6) is 1.10. The predicted octanol–water partition coefficient (Wildman–Crippen LogP) is 4.24. The van der Waals surface area contributed by atoms with E-state index in [-0.39, 0.29) is 11.6 Å². The average Bonchev–Trinajstić information content (AvgIpc) is 2.70. The monoisotopic (exact) mass is 396 g/mol. The zero-order valence-electron chi connectivity index (χ0n) is 15.5. The summed E-state index contributed by atoms with van der Waals surface area (Å²) in [6.45, 7) is 3.06. The van der Waals surface area contributed by atoms with Gasteiger partial charge in [-0.25, -0.2) is 9.97 Å². The minimum absolute atomic E-state index is 0.262. The summed E-state index contributed by atoms with van der Waals surface area (Å²) in [4.78, 5) is 20.6. The molecule has 0 aliphatic heterocycles. The fraction of sp³-hybridized carbons (Fsp3) is 0.190. The van der Waals surface area contributed by atoms with Crippen molar-refractivity contribution in [3.05, 3.63) is 77.2 Å². The van der Waals surface area contributed by atoms with Gasteiger partial charge in [-0.2, -0.15) is 0 Å². The molecule has 6 nitrogen and oxygen atoms in total. The van der Waals surface area contributed by atoms with Crippen LogP contribution < -0.4 is 15.4 Å². The number of hydrogen-bond acceptors (Lipinski definition) is 5. The van der Waals surface area contributed by atoms with Gasteiger partial charge in [-0.15, -0.1) is 0 Å². The van der Waals surface area contributed by atoms with Gasteiger partial charge in [0.1, 0.15) is 17.3 Å². The van der Waals surface area contributed by atoms with E-state index < -0.39 is 0 Å². The SMILES string of the molecule is CCOc1ccc(Nc2cnc(C(=O)NCCc3cccc(Cl)c3)cn2)cc1. The smallest absolute Gasteiger partial charge is 0.271 e. The molecule has 0 spiro atoms. The minimum Gasteiger partial charge on any atom is -0.494 e. The third kappa shape index (κ3) is 5.69. The van der Waals surface area contributed by atoms with Crippen molar-refractivity contribution in [2.75, 3.05) is 18.5 Å². The Hall–Kier alpha value is -3.12. The molecule has 3 aromatic rings. The van der Waals surface area contributed by atoms with E-state index in [4.69, 9.17) is 16.3 Å². The number of ether oxygens (including phenoxy) is 1. The minimum atomic E-state index is -0.262. The Kier molecular flexibility index (Phi) is 6.81. The van der Waals surface area contributed by atoms with Crippen LogP contribution in [0.2, 0.25) is 5.02 Å². The van der Waals surface area contributed by atoms with Gasteiger partial charge < -0.3 is 15.4 Å². The second kappa shape index (κ2) is 9.71. The molecule has 0 bridgehead atoms. The van der Waals surface area contributed by atoms with Gasteiger partial charge in [-0.1, -0.05) is 23.7 Å². The van der Waals surface area contributed by atoms with E-state index in [0.29, 0.717) is 30.4 Å². The molecule has 0 aliphatic rings. The molecule has 0 saturated carbocycles. The number of anilines is 2. The van der Waals surface area contributed by atoms with E-state index in [9.17, 15) is 4.79 Å². The normalized spacial score (nSPS) is 10.4. The van der Waals surface area contributed by atoms with E-state index in [1.807, 2.05) is 55.5 Å². The summed E-state index contributed by atoms with van der Waals surface area (Å²) in [5, 5.41) is 6.66. The van der Waals surface area contributed by atoms with Crippen molar-refractivity contribution < 1.29 is 9.53 Å². The zero-order chi connectivity index (χ0) is 19.8. The van der Waals surface area contributed by atoms with Gasteiger partial charge in [0, 0.05) is 17.3 Å². The Morgan fingerprint density at radius 2 is 1.93 bits per heavy atom. The van der Waals surface area contributed by atoms with Crippen LogP contribution in [0, 0.1) is 0 Å². The van der Waals surface area contributed by atoms with Crippen LogP contribution in [0.5, 0.6) is 5.75 Å². The predicted molar refractivity (Wildman–Crippen MR) is 110 cm³/mol. The summed E-state index contributed by atoms with van der Waals surface area (Å²) in [6.07, 6.45) is 3.67. The average molecular weight is 397 g/mol. The number of benzene rings is 2. The van der Waals surface area contributed by atoms with Crippen LogP contribution in [0.1, 0.15) is 23.0 Å². The summed E-state index contributed by atoms with van der Waals surface area (Å²) in [7, 11) is 0. The molecule has 0 unspecified atom stereocenters. The highest BCUT2D eigenvalue weighted by Crippen LogP contribution is 2.18. The Bertz CT molecular complexity index is 914. The first kappa shape index (κ1) is 19.6. The first-order valence-electron chi connectivity index (χ1n) is 8.98. The van der Waals surface area contributed by atoms with Gasteiger partial charge in [-0.05, 0) is 55.3 Å². The maximum Gasteiger partial charge on any atom is 0.271 e. The fourth-order valence-electron chi connectivity index (χ4n) is 2.56. The zero-order valence-corrected chi connectivity index (χ0v) is 16.2. The van der Waals surface area contributed by atoms with Crippen LogP contribution in [0.25, 0.3) is 0 Å². The van der Waals surface area contributed by atoms with Crippen molar-refractivity contribution in [3.8, 4) is 5.75 Å². The highest BCUT2D eigenvalue weighted by Gasteiger charge is 2.08. The summed E-state index contributed by atoms with van der Waals surface area (Å²) in [5.41, 5.74) is 2.19. The third-order valence-electron chi connectivity index (χ3n) is 3.91. The molecule has 0 aliphatic carbocycles. The summed E-state index contributed by atoms with van der Waals surface area (Å²) >= 11 is 5.96. The number of carbonyl (C=O) groups excluding carboxylic acids is 1. The number of rotatable bonds is 8. The molecule has 28 heavy (non-hydrogen) atoms. The first-order valence-corrected chi connectivity index (χ1v) is 9.36. The molecule has 0 fully saturated rings. The van der Waals surface area contributed by atoms with Crippen LogP contribution in [0.15, 0.2) is 60.9 Å². The topological polar surface area (TPSA) is 76.1 Å². The highest BCUT2D eigenvalue weighted by molar-refractivity contribution is 6.30. The summed E-state index contributed by atoms with van der Waals surface area (Å²) < 4.78 is 5.41. The number of halogens is 1. The van der Waals surface area contributed by atoms with Gasteiger partial charge in [0.2, 0.25) is 0 Å². The lowest BCUT2D eigenvalue weighted by molar-refractivity contribution is 0.0949. The molecule has 0 atom stereocenters. The maximum absolute atomic E-state index is 12.2. The number of aromatic nitrogens is 2. The van der Waals surface area contributed by atoms with Crippen molar-refractivity contribution in [2.45, 2.75) is 13.3 Å². The third-order valence-corrected chi connectivity index (χ3v) is 4.15. The number of amides is 1. The molecular weight excluding hydrogens is 376 g/mol. The van der Waals surface area contributed by atoms with E-state index in [0.717, 1.165) is 17.0 Å². The molecular formula is C21H21ClN4O2. The maximum atomic E-state index is 12.2. The Morgan fingerprint density at radius 1 is 1.11 bits per heavy atom. The van der Waals surface area contributed by atoms with Crippen molar-refractivity contribution >= 4 is 29.0 Å². The molecule has 1 amide bonds. The summed E-state index contributed by atoms with van der Waals surface area (Å²) in [6, 6.07) is 15.1. The van der Waals surface area contributed by atoms with Crippen LogP contribution in [-0.2, 0) is 6.42 Å². The second-order valence-corrected chi connectivity index (χ2v) is 6.44. The van der Waals surface area contributed by atoms with Gasteiger partial charge in [0.05, 0.1) is 19.0 Å². The van der Waals surface area contributed by atoms with Crippen LogP contribution in [0.3, 0.4) is 0 Å². The Morgan fingerprint density at radius 3 is 2.61 bits per heavy atom. The molecule has 2 N–H and O–H groups in total. The number of carbonyl (C=O) groups is 1. The van der Waals surface area contributed by atoms with Gasteiger partial charge >= 0.3 is 0 Å². The lowest BCUT2D eigenvalue weighted by Crippen LogP contribution is -2.26.